The Morgan fingerprint density at radius 3 is 2.75 bits per heavy atom. The van der Waals surface area contributed by atoms with E-state index in [1.54, 1.807) is 7.05 Å². The van der Waals surface area contributed by atoms with Gasteiger partial charge in [0.1, 0.15) is 6.04 Å². The number of nitrogens with zero attached hydrogens (tertiary/aromatic N) is 2. The van der Waals surface area contributed by atoms with Crippen molar-refractivity contribution in [3.8, 4) is 6.07 Å². The Balaban J connectivity index is 3.73. The van der Waals surface area contributed by atoms with Crippen LogP contribution in [0.3, 0.4) is 0 Å². The van der Waals surface area contributed by atoms with Crippen LogP contribution in [-0.4, -0.2) is 53.0 Å². The minimum absolute atomic E-state index is 0.127. The van der Waals surface area contributed by atoms with Gasteiger partial charge in [0.25, 0.3) is 0 Å². The van der Waals surface area contributed by atoms with Gasteiger partial charge < -0.3 is 15.7 Å². The van der Waals surface area contributed by atoms with Gasteiger partial charge in [0.15, 0.2) is 0 Å². The highest BCUT2D eigenvalue weighted by molar-refractivity contribution is 8.00. The Morgan fingerprint density at radius 1 is 1.62 bits per heavy atom. The first-order valence-electron chi connectivity index (χ1n) is 4.66. The number of carbonyl (C=O) groups excluding carboxylic acids is 1. The van der Waals surface area contributed by atoms with E-state index in [4.69, 9.17) is 16.1 Å². The zero-order valence-corrected chi connectivity index (χ0v) is 9.87. The second-order valence-electron chi connectivity index (χ2n) is 3.18. The van der Waals surface area contributed by atoms with E-state index < -0.39 is 12.0 Å². The fraction of sp³-hybridized carbons (Fsp3) is 0.667. The average Bonchev–Trinajstić information content (AvgIpc) is 2.25. The van der Waals surface area contributed by atoms with Crippen molar-refractivity contribution in [2.45, 2.75) is 12.5 Å². The van der Waals surface area contributed by atoms with E-state index in [1.807, 2.05) is 6.07 Å². The predicted molar refractivity (Wildman–Crippen MR) is 60.8 cm³/mol. The van der Waals surface area contributed by atoms with Crippen molar-refractivity contribution < 1.29 is 14.7 Å². The largest absolute Gasteiger partial charge is 0.480 e. The third-order valence-electron chi connectivity index (χ3n) is 1.82. The normalized spacial score (nSPS) is 11.6. The molecule has 0 aliphatic rings. The van der Waals surface area contributed by atoms with E-state index in [-0.39, 0.29) is 17.4 Å². The molecule has 0 aromatic heterocycles. The van der Waals surface area contributed by atoms with Crippen LogP contribution in [0.25, 0.3) is 0 Å². The molecule has 0 spiro atoms. The molecule has 0 rings (SSSR count). The van der Waals surface area contributed by atoms with Gasteiger partial charge in [-0.3, -0.25) is 9.59 Å². The van der Waals surface area contributed by atoms with Crippen molar-refractivity contribution in [3.05, 3.63) is 0 Å². The lowest BCUT2D eigenvalue weighted by atomic mass is 10.4. The highest BCUT2D eigenvalue weighted by atomic mass is 32.2. The van der Waals surface area contributed by atoms with Gasteiger partial charge >= 0.3 is 5.97 Å². The molecule has 16 heavy (non-hydrogen) atoms. The Labute approximate surface area is 98.4 Å². The van der Waals surface area contributed by atoms with Crippen LogP contribution < -0.4 is 5.73 Å². The topological polar surface area (TPSA) is 107 Å². The number of amides is 1. The summed E-state index contributed by atoms with van der Waals surface area (Å²) in [5.41, 5.74) is 5.27. The predicted octanol–water partition coefficient (Wildman–Crippen LogP) is -0.496. The molecule has 0 aliphatic carbocycles. The molecule has 0 bridgehead atoms. The Hall–Kier alpha value is -1.26. The summed E-state index contributed by atoms with van der Waals surface area (Å²) in [6.07, 6.45) is 0.293. The molecule has 0 unspecified atom stereocenters. The lowest BCUT2D eigenvalue weighted by Gasteiger charge is -2.15. The number of hydrogen-bond donors (Lipinski definition) is 2. The Bertz CT molecular complexity index is 290. The summed E-state index contributed by atoms with van der Waals surface area (Å²) in [7, 11) is 1.61. The molecule has 1 amide bonds. The average molecular weight is 245 g/mol. The van der Waals surface area contributed by atoms with E-state index in [1.165, 1.54) is 16.7 Å². The molecular weight excluding hydrogens is 230 g/mol. The molecule has 7 heteroatoms. The van der Waals surface area contributed by atoms with E-state index in [0.29, 0.717) is 13.0 Å². The number of carboxylic acids is 1. The Kier molecular flexibility index (Phi) is 7.33. The summed E-state index contributed by atoms with van der Waals surface area (Å²) in [6.45, 7) is 0.390. The van der Waals surface area contributed by atoms with Crippen molar-refractivity contribution in [1.29, 1.82) is 5.26 Å². The number of hydrogen-bond acceptors (Lipinski definition) is 5. The maximum atomic E-state index is 11.4. The fourth-order valence-electron chi connectivity index (χ4n) is 0.797. The molecule has 90 valence electrons. The number of carboxylic acid groups (broad SMARTS) is 1. The van der Waals surface area contributed by atoms with Gasteiger partial charge in [0.2, 0.25) is 5.91 Å². The number of aliphatic carboxylic acids is 1. The molecule has 6 nitrogen and oxygen atoms in total. The third-order valence-corrected chi connectivity index (χ3v) is 2.87. The van der Waals surface area contributed by atoms with Gasteiger partial charge in [-0.1, -0.05) is 0 Å². The van der Waals surface area contributed by atoms with Crippen molar-refractivity contribution >= 4 is 23.6 Å². The lowest BCUT2D eigenvalue weighted by Crippen LogP contribution is -2.34. The number of thioether (sulfide) groups is 1. The van der Waals surface area contributed by atoms with Crippen LogP contribution in [-0.2, 0) is 9.59 Å². The first-order chi connectivity index (χ1) is 7.49. The van der Waals surface area contributed by atoms with Crippen LogP contribution in [0.5, 0.6) is 0 Å². The molecule has 0 fully saturated rings. The number of rotatable bonds is 7. The van der Waals surface area contributed by atoms with Crippen LogP contribution in [0.4, 0.5) is 0 Å². The highest BCUT2D eigenvalue weighted by Crippen LogP contribution is 2.04. The molecule has 0 radical (unpaired) electrons. The summed E-state index contributed by atoms with van der Waals surface area (Å²) >= 11 is 1.18. The fourth-order valence-corrected chi connectivity index (χ4v) is 1.71. The molecule has 0 aromatic carbocycles. The van der Waals surface area contributed by atoms with Crippen LogP contribution in [0.1, 0.15) is 6.42 Å². The van der Waals surface area contributed by atoms with Crippen molar-refractivity contribution in [3.63, 3.8) is 0 Å². The van der Waals surface area contributed by atoms with Crippen molar-refractivity contribution in [2.24, 2.45) is 5.73 Å². The van der Waals surface area contributed by atoms with Gasteiger partial charge in [0.05, 0.1) is 18.2 Å². The minimum Gasteiger partial charge on any atom is -0.480 e. The number of carbonyl (C=O) groups is 2. The Morgan fingerprint density at radius 2 is 2.25 bits per heavy atom. The van der Waals surface area contributed by atoms with Gasteiger partial charge in [-0.2, -0.15) is 5.26 Å². The van der Waals surface area contributed by atoms with E-state index in [9.17, 15) is 9.59 Å². The second kappa shape index (κ2) is 7.96. The standard InChI is InChI=1S/C9H15N3O3S/c1-12(4-2-3-10)8(13)6-16-5-7(11)9(14)15/h7H,2,4-6,11H2,1H3,(H,14,15)/t7-/m0/s1. The van der Waals surface area contributed by atoms with Gasteiger partial charge in [-0.25, -0.2) is 0 Å². The SMILES string of the molecule is CN(CCC#N)C(=O)CSC[C@H](N)C(=O)O. The third kappa shape index (κ3) is 6.27. The van der Waals surface area contributed by atoms with Gasteiger partial charge in [-0.15, -0.1) is 11.8 Å². The van der Waals surface area contributed by atoms with Gasteiger partial charge in [-0.05, 0) is 0 Å². The van der Waals surface area contributed by atoms with E-state index in [0.717, 1.165) is 0 Å². The molecule has 1 atom stereocenters. The molecule has 0 heterocycles. The maximum Gasteiger partial charge on any atom is 0.321 e. The quantitative estimate of drug-likeness (QED) is 0.626. The molecular formula is C9H15N3O3S. The summed E-state index contributed by atoms with van der Waals surface area (Å²) in [4.78, 5) is 23.2. The zero-order valence-electron chi connectivity index (χ0n) is 9.05. The molecule has 0 aliphatic heterocycles. The van der Waals surface area contributed by atoms with Crippen LogP contribution >= 0.6 is 11.8 Å². The molecule has 3 N–H and O–H groups in total. The van der Waals surface area contributed by atoms with Crippen LogP contribution in [0, 0.1) is 11.3 Å². The van der Waals surface area contributed by atoms with Crippen molar-refractivity contribution in [1.82, 2.24) is 4.90 Å². The monoisotopic (exact) mass is 245 g/mol. The summed E-state index contributed by atoms with van der Waals surface area (Å²) in [6, 6.07) is 1.00. The first-order valence-corrected chi connectivity index (χ1v) is 5.81. The van der Waals surface area contributed by atoms with Crippen molar-refractivity contribution in [2.75, 3.05) is 25.1 Å². The summed E-state index contributed by atoms with van der Waals surface area (Å²) in [5.74, 6) is -0.814. The summed E-state index contributed by atoms with van der Waals surface area (Å²) < 4.78 is 0. The van der Waals surface area contributed by atoms with Gasteiger partial charge in [0, 0.05) is 19.3 Å². The van der Waals surface area contributed by atoms with Crippen LogP contribution in [0.2, 0.25) is 0 Å². The van der Waals surface area contributed by atoms with Crippen LogP contribution in [0.15, 0.2) is 0 Å². The summed E-state index contributed by atoms with van der Waals surface area (Å²) in [5, 5.41) is 16.8. The zero-order chi connectivity index (χ0) is 12.6. The second-order valence-corrected chi connectivity index (χ2v) is 4.21. The lowest BCUT2D eigenvalue weighted by molar-refractivity contribution is -0.138. The number of nitriles is 1. The first kappa shape index (κ1) is 14.7. The molecule has 0 saturated heterocycles. The molecule has 0 saturated carbocycles. The highest BCUT2D eigenvalue weighted by Gasteiger charge is 2.13. The number of nitrogens with two attached hydrogens (primary N) is 1. The molecule has 0 aromatic rings. The smallest absolute Gasteiger partial charge is 0.321 e. The maximum absolute atomic E-state index is 11.4. The van der Waals surface area contributed by atoms with E-state index in [2.05, 4.69) is 0 Å². The van der Waals surface area contributed by atoms with E-state index >= 15 is 0 Å². The minimum atomic E-state index is -1.07.